The van der Waals surface area contributed by atoms with Crippen LogP contribution in [-0.2, 0) is 4.74 Å². The molecule has 0 saturated carbocycles. The van der Waals surface area contributed by atoms with Crippen molar-refractivity contribution in [3.8, 4) is 11.5 Å². The van der Waals surface area contributed by atoms with E-state index in [2.05, 4.69) is 4.98 Å². The van der Waals surface area contributed by atoms with E-state index >= 15 is 0 Å². The van der Waals surface area contributed by atoms with Gasteiger partial charge in [-0.1, -0.05) is 31.6 Å². The van der Waals surface area contributed by atoms with Gasteiger partial charge in [-0.2, -0.15) is 0 Å². The fourth-order valence-corrected chi connectivity index (χ4v) is 2.73. The molecule has 0 bridgehead atoms. The number of fused-ring (bicyclic) bond motifs is 1. The second-order valence-corrected chi connectivity index (χ2v) is 6.39. The smallest absolute Gasteiger partial charge is 0.360 e. The number of nitrogens with zero attached hydrogens (tertiary/aromatic N) is 1. The van der Waals surface area contributed by atoms with Gasteiger partial charge in [0.1, 0.15) is 11.5 Å². The first-order chi connectivity index (χ1) is 13.1. The maximum absolute atomic E-state index is 12.1. The average Bonchev–Trinajstić information content (AvgIpc) is 2.92. The molecule has 27 heavy (non-hydrogen) atoms. The Morgan fingerprint density at radius 3 is 2.96 bits per heavy atom. The first-order valence-electron chi connectivity index (χ1n) is 9.10. The first kappa shape index (κ1) is 18.7. The lowest BCUT2D eigenvalue weighted by Crippen LogP contribution is -2.09. The zero-order chi connectivity index (χ0) is 19.2. The number of carbonyl (C=O) groups is 1. The van der Waals surface area contributed by atoms with E-state index < -0.39 is 5.97 Å². The van der Waals surface area contributed by atoms with Crippen LogP contribution in [0.2, 0.25) is 0 Å². The molecule has 0 saturated heterocycles. The van der Waals surface area contributed by atoms with Gasteiger partial charge in [-0.25, -0.2) is 9.78 Å². The van der Waals surface area contributed by atoms with Gasteiger partial charge in [0, 0.05) is 17.0 Å². The monoisotopic (exact) mass is 365 g/mol. The van der Waals surface area contributed by atoms with E-state index in [9.17, 15) is 9.90 Å². The van der Waals surface area contributed by atoms with Gasteiger partial charge in [0.25, 0.3) is 0 Å². The molecule has 0 fully saturated rings. The van der Waals surface area contributed by atoms with E-state index in [4.69, 9.17) is 9.47 Å². The number of unbranched alkanes of at least 4 members (excludes halogenated alkanes) is 1. The van der Waals surface area contributed by atoms with Gasteiger partial charge in [-0.3, -0.25) is 0 Å². The van der Waals surface area contributed by atoms with Crippen LogP contribution in [0.4, 0.5) is 0 Å². The summed E-state index contributed by atoms with van der Waals surface area (Å²) in [5, 5.41) is 11.7. The Labute approximate surface area is 158 Å². The number of rotatable bonds is 6. The standard InChI is InChI=1S/C22H23NO4/c1-3-4-11-26-22(25)20-21(24)18-12-15(2)19(13-16(18)14-23-20)27-17-9-7-5-6-8-10-17/h5,7-10,12-14,24H,3-4,6,11H2,1-2H3. The quantitative estimate of drug-likeness (QED) is 0.577. The third-order valence-electron chi connectivity index (χ3n) is 4.26. The maximum Gasteiger partial charge on any atom is 0.360 e. The van der Waals surface area contributed by atoms with Crippen LogP contribution < -0.4 is 4.74 Å². The van der Waals surface area contributed by atoms with Crippen LogP contribution in [0.5, 0.6) is 11.5 Å². The molecule has 0 spiro atoms. The number of carbonyl (C=O) groups excluding carboxylic acids is 1. The van der Waals surface area contributed by atoms with Crippen molar-refractivity contribution in [2.24, 2.45) is 0 Å². The highest BCUT2D eigenvalue weighted by atomic mass is 16.5. The molecule has 2 aromatic rings. The van der Waals surface area contributed by atoms with E-state index in [1.54, 1.807) is 12.3 Å². The third-order valence-corrected chi connectivity index (χ3v) is 4.26. The van der Waals surface area contributed by atoms with Gasteiger partial charge < -0.3 is 14.6 Å². The van der Waals surface area contributed by atoms with E-state index in [-0.39, 0.29) is 11.4 Å². The first-order valence-corrected chi connectivity index (χ1v) is 9.10. The van der Waals surface area contributed by atoms with Crippen LogP contribution in [0.3, 0.4) is 0 Å². The molecule has 0 atom stereocenters. The van der Waals surface area contributed by atoms with Crippen LogP contribution in [0.1, 0.15) is 42.2 Å². The second kappa shape index (κ2) is 8.54. The number of benzene rings is 1. The number of hydrogen-bond acceptors (Lipinski definition) is 5. The summed E-state index contributed by atoms with van der Waals surface area (Å²) in [7, 11) is 0. The van der Waals surface area contributed by atoms with Gasteiger partial charge in [-0.05, 0) is 49.6 Å². The third kappa shape index (κ3) is 4.37. The highest BCUT2D eigenvalue weighted by molar-refractivity contribution is 5.99. The minimum absolute atomic E-state index is 0.0637. The summed E-state index contributed by atoms with van der Waals surface area (Å²) in [5.41, 5.74) is 0.781. The second-order valence-electron chi connectivity index (χ2n) is 6.39. The Balaban J connectivity index is 1.90. The molecular weight excluding hydrogens is 342 g/mol. The van der Waals surface area contributed by atoms with Gasteiger partial charge in [0.2, 0.25) is 0 Å². The summed E-state index contributed by atoms with van der Waals surface area (Å²) in [6.45, 7) is 4.22. The zero-order valence-electron chi connectivity index (χ0n) is 15.6. The number of hydrogen-bond donors (Lipinski definition) is 1. The number of ether oxygens (including phenoxy) is 2. The van der Waals surface area contributed by atoms with Gasteiger partial charge in [0.05, 0.1) is 6.61 Å². The lowest BCUT2D eigenvalue weighted by molar-refractivity contribution is 0.0489. The number of allylic oxidation sites excluding steroid dienone is 5. The fourth-order valence-electron chi connectivity index (χ4n) is 2.73. The predicted octanol–water partition coefficient (Wildman–Crippen LogP) is 4.98. The predicted molar refractivity (Wildman–Crippen MR) is 105 cm³/mol. The largest absolute Gasteiger partial charge is 0.505 e. The highest BCUT2D eigenvalue weighted by Gasteiger charge is 2.18. The molecule has 1 heterocycles. The van der Waals surface area contributed by atoms with E-state index in [1.807, 2.05) is 50.3 Å². The molecule has 1 aromatic carbocycles. The van der Waals surface area contributed by atoms with Crippen LogP contribution in [-0.4, -0.2) is 22.7 Å². The topological polar surface area (TPSA) is 68.7 Å². The molecule has 1 aromatic heterocycles. The number of esters is 1. The van der Waals surface area contributed by atoms with Crippen molar-refractivity contribution < 1.29 is 19.4 Å². The average molecular weight is 365 g/mol. The maximum atomic E-state index is 12.1. The zero-order valence-corrected chi connectivity index (χ0v) is 15.6. The minimum Gasteiger partial charge on any atom is -0.505 e. The highest BCUT2D eigenvalue weighted by Crippen LogP contribution is 2.33. The molecule has 5 heteroatoms. The minimum atomic E-state index is -0.610. The number of aromatic nitrogens is 1. The Morgan fingerprint density at radius 2 is 2.15 bits per heavy atom. The van der Waals surface area contributed by atoms with Crippen molar-refractivity contribution in [3.63, 3.8) is 0 Å². The van der Waals surface area contributed by atoms with E-state index in [0.29, 0.717) is 23.1 Å². The Kier molecular flexibility index (Phi) is 5.91. The Bertz CT molecular complexity index is 941. The molecule has 1 N–H and O–H groups in total. The van der Waals surface area contributed by atoms with Crippen LogP contribution in [0.15, 0.2) is 54.5 Å². The van der Waals surface area contributed by atoms with Gasteiger partial charge in [0.15, 0.2) is 11.4 Å². The van der Waals surface area contributed by atoms with Crippen LogP contribution in [0.25, 0.3) is 10.8 Å². The van der Waals surface area contributed by atoms with E-state index in [0.717, 1.165) is 30.6 Å². The summed E-state index contributed by atoms with van der Waals surface area (Å²) in [4.78, 5) is 16.2. The van der Waals surface area contributed by atoms with Crippen molar-refractivity contribution in [2.45, 2.75) is 33.1 Å². The molecule has 140 valence electrons. The molecule has 0 radical (unpaired) electrons. The van der Waals surface area contributed by atoms with Crippen molar-refractivity contribution in [2.75, 3.05) is 6.61 Å². The van der Waals surface area contributed by atoms with Gasteiger partial charge >= 0.3 is 5.97 Å². The van der Waals surface area contributed by atoms with Crippen molar-refractivity contribution in [1.82, 2.24) is 4.98 Å². The number of aromatic hydroxyl groups is 1. The SMILES string of the molecule is CCCCOC(=O)c1ncc2cc(OC3=CC=CCC=C3)c(C)cc2c1O. The summed E-state index contributed by atoms with van der Waals surface area (Å²) in [6, 6.07) is 3.61. The number of aryl methyl sites for hydroxylation is 1. The van der Waals surface area contributed by atoms with Crippen molar-refractivity contribution in [3.05, 3.63) is 65.7 Å². The molecule has 0 unspecified atom stereocenters. The molecule has 1 aliphatic carbocycles. The van der Waals surface area contributed by atoms with Crippen molar-refractivity contribution in [1.29, 1.82) is 0 Å². The molecule has 5 nitrogen and oxygen atoms in total. The summed E-state index contributed by atoms with van der Waals surface area (Å²) >= 11 is 0. The van der Waals surface area contributed by atoms with Crippen LogP contribution >= 0.6 is 0 Å². The van der Waals surface area contributed by atoms with Crippen LogP contribution in [0, 0.1) is 6.92 Å². The lowest BCUT2D eigenvalue weighted by atomic mass is 10.1. The molecular formula is C22H23NO4. The molecule has 0 aliphatic heterocycles. The molecule has 3 rings (SSSR count). The number of pyridine rings is 1. The Hall–Kier alpha value is -3.08. The normalized spacial score (nSPS) is 13.3. The lowest BCUT2D eigenvalue weighted by Gasteiger charge is -2.12. The molecule has 0 amide bonds. The van der Waals surface area contributed by atoms with Gasteiger partial charge in [-0.15, -0.1) is 0 Å². The summed E-state index contributed by atoms with van der Waals surface area (Å²) in [6.07, 6.45) is 14.0. The molecule has 1 aliphatic rings. The summed E-state index contributed by atoms with van der Waals surface area (Å²) in [5.74, 6) is 0.634. The fraction of sp³-hybridized carbons (Fsp3) is 0.273. The summed E-state index contributed by atoms with van der Waals surface area (Å²) < 4.78 is 11.1. The van der Waals surface area contributed by atoms with Crippen molar-refractivity contribution >= 4 is 16.7 Å². The Morgan fingerprint density at radius 1 is 1.30 bits per heavy atom. The van der Waals surface area contributed by atoms with E-state index in [1.165, 1.54) is 0 Å².